The van der Waals surface area contributed by atoms with Crippen molar-refractivity contribution in [3.05, 3.63) is 65.2 Å². The Labute approximate surface area is 155 Å². The van der Waals surface area contributed by atoms with Crippen LogP contribution in [0, 0.1) is 0 Å². The number of hydrogen-bond donors (Lipinski definition) is 2. The van der Waals surface area contributed by atoms with Gasteiger partial charge in [0.15, 0.2) is 9.84 Å². The molecule has 0 saturated heterocycles. The minimum Gasteiger partial charge on any atom is -0.332 e. The van der Waals surface area contributed by atoms with Crippen LogP contribution in [0.5, 0.6) is 0 Å². The van der Waals surface area contributed by atoms with Gasteiger partial charge in [-0.1, -0.05) is 43.3 Å². The summed E-state index contributed by atoms with van der Waals surface area (Å²) in [5.74, 6) is 0. The minimum atomic E-state index is -3.22. The number of aryl methyl sites for hydroxylation is 1. The molecule has 2 N–H and O–H groups in total. The zero-order chi connectivity index (χ0) is 19.3. The number of urea groups is 1. The molecule has 26 heavy (non-hydrogen) atoms. The molecule has 0 aliphatic rings. The summed E-state index contributed by atoms with van der Waals surface area (Å²) in [5, 5.41) is 5.80. The Kier molecular flexibility index (Phi) is 6.42. The molecule has 0 fully saturated rings. The van der Waals surface area contributed by atoms with Crippen molar-refractivity contribution < 1.29 is 13.2 Å². The molecule has 0 bridgehead atoms. The highest BCUT2D eigenvalue weighted by Crippen LogP contribution is 2.17. The number of benzene rings is 2. The molecule has 2 amide bonds. The summed E-state index contributed by atoms with van der Waals surface area (Å²) in [6.07, 6.45) is 2.16. The van der Waals surface area contributed by atoms with Gasteiger partial charge in [-0.3, -0.25) is 0 Å². The molecule has 0 aliphatic carbocycles. The van der Waals surface area contributed by atoms with Crippen LogP contribution < -0.4 is 10.6 Å². The summed E-state index contributed by atoms with van der Waals surface area (Å²) in [4.78, 5) is 12.5. The summed E-state index contributed by atoms with van der Waals surface area (Å²) in [6.45, 7) is 5.90. The highest BCUT2D eigenvalue weighted by molar-refractivity contribution is 7.90. The van der Waals surface area contributed by atoms with Crippen molar-refractivity contribution in [2.75, 3.05) is 6.26 Å². The molecule has 2 rings (SSSR count). The molecule has 2 atom stereocenters. The predicted molar refractivity (Wildman–Crippen MR) is 104 cm³/mol. The van der Waals surface area contributed by atoms with Gasteiger partial charge < -0.3 is 10.6 Å². The number of nitrogens with one attached hydrogen (secondary N) is 2. The van der Waals surface area contributed by atoms with Gasteiger partial charge in [0, 0.05) is 6.26 Å². The molecule has 0 aliphatic heterocycles. The molecule has 140 valence electrons. The zero-order valence-corrected chi connectivity index (χ0v) is 16.4. The summed E-state index contributed by atoms with van der Waals surface area (Å²) in [6, 6.07) is 14.1. The van der Waals surface area contributed by atoms with Crippen molar-refractivity contribution in [2.45, 2.75) is 44.2 Å². The molecule has 0 saturated carbocycles. The third-order valence-corrected chi connectivity index (χ3v) is 5.52. The van der Waals surface area contributed by atoms with Gasteiger partial charge in [0.2, 0.25) is 0 Å². The molecule has 2 unspecified atom stereocenters. The van der Waals surface area contributed by atoms with Crippen LogP contribution in [-0.2, 0) is 16.3 Å². The topological polar surface area (TPSA) is 75.3 Å². The zero-order valence-electron chi connectivity index (χ0n) is 15.6. The van der Waals surface area contributed by atoms with Crippen LogP contribution >= 0.6 is 0 Å². The number of amides is 2. The van der Waals surface area contributed by atoms with Gasteiger partial charge in [0.05, 0.1) is 17.0 Å². The fourth-order valence-electron chi connectivity index (χ4n) is 2.65. The highest BCUT2D eigenvalue weighted by Gasteiger charge is 2.14. The third-order valence-electron chi connectivity index (χ3n) is 4.39. The fourth-order valence-corrected chi connectivity index (χ4v) is 3.28. The molecule has 0 radical (unpaired) electrons. The first-order valence-corrected chi connectivity index (χ1v) is 10.6. The van der Waals surface area contributed by atoms with Crippen LogP contribution in [0.15, 0.2) is 53.4 Å². The van der Waals surface area contributed by atoms with E-state index in [1.54, 1.807) is 24.3 Å². The number of carbonyl (C=O) groups excluding carboxylic acids is 1. The van der Waals surface area contributed by atoms with Crippen molar-refractivity contribution in [3.63, 3.8) is 0 Å². The van der Waals surface area contributed by atoms with Crippen LogP contribution in [0.2, 0.25) is 0 Å². The lowest BCUT2D eigenvalue weighted by molar-refractivity contribution is 0.235. The Morgan fingerprint density at radius 2 is 1.31 bits per heavy atom. The van der Waals surface area contributed by atoms with Gasteiger partial charge >= 0.3 is 6.03 Å². The fraction of sp³-hybridized carbons (Fsp3) is 0.350. The van der Waals surface area contributed by atoms with Crippen molar-refractivity contribution in [3.8, 4) is 0 Å². The average Bonchev–Trinajstić information content (AvgIpc) is 2.61. The van der Waals surface area contributed by atoms with E-state index in [0.717, 1.165) is 17.5 Å². The standard InChI is InChI=1S/C20H26N2O3S/c1-5-16-6-8-17(9-7-16)14(2)21-20(23)22-15(3)18-10-12-19(13-11-18)26(4,24)25/h6-15H,5H2,1-4H3,(H2,21,22,23). The van der Waals surface area contributed by atoms with Gasteiger partial charge in [0.1, 0.15) is 0 Å². The van der Waals surface area contributed by atoms with Crippen molar-refractivity contribution in [1.29, 1.82) is 0 Å². The number of carbonyl (C=O) groups is 1. The van der Waals surface area contributed by atoms with E-state index >= 15 is 0 Å². The lowest BCUT2D eigenvalue weighted by Gasteiger charge is -2.19. The largest absolute Gasteiger partial charge is 0.332 e. The third kappa shape index (κ3) is 5.33. The predicted octanol–water partition coefficient (Wildman–Crippen LogP) is 3.77. The van der Waals surface area contributed by atoms with E-state index in [1.165, 1.54) is 11.8 Å². The van der Waals surface area contributed by atoms with Crippen molar-refractivity contribution in [2.24, 2.45) is 0 Å². The van der Waals surface area contributed by atoms with Crippen LogP contribution in [0.25, 0.3) is 0 Å². The SMILES string of the molecule is CCc1ccc(C(C)NC(=O)NC(C)c2ccc(S(C)(=O)=O)cc2)cc1. The van der Waals surface area contributed by atoms with Gasteiger partial charge in [-0.2, -0.15) is 0 Å². The maximum atomic E-state index is 12.2. The molecular formula is C20H26N2O3S. The number of hydrogen-bond acceptors (Lipinski definition) is 3. The Balaban J connectivity index is 1.95. The van der Waals surface area contributed by atoms with Crippen molar-refractivity contribution in [1.82, 2.24) is 10.6 Å². The first-order chi connectivity index (χ1) is 12.2. The first-order valence-electron chi connectivity index (χ1n) is 8.66. The van der Waals surface area contributed by atoms with Gasteiger partial charge in [-0.15, -0.1) is 0 Å². The second-order valence-corrected chi connectivity index (χ2v) is 8.51. The lowest BCUT2D eigenvalue weighted by Crippen LogP contribution is -2.38. The Hall–Kier alpha value is -2.34. The van der Waals surface area contributed by atoms with Crippen molar-refractivity contribution >= 4 is 15.9 Å². The maximum Gasteiger partial charge on any atom is 0.315 e. The Morgan fingerprint density at radius 3 is 1.69 bits per heavy atom. The quantitative estimate of drug-likeness (QED) is 0.808. The molecule has 2 aromatic carbocycles. The Bertz CT molecular complexity index is 844. The summed E-state index contributed by atoms with van der Waals surface area (Å²) in [5.41, 5.74) is 3.14. The molecule has 0 aromatic heterocycles. The number of sulfone groups is 1. The average molecular weight is 375 g/mol. The molecule has 6 heteroatoms. The van der Waals surface area contributed by atoms with E-state index in [-0.39, 0.29) is 23.0 Å². The Morgan fingerprint density at radius 1 is 0.885 bits per heavy atom. The van der Waals surface area contributed by atoms with E-state index in [4.69, 9.17) is 0 Å². The molecule has 0 spiro atoms. The van der Waals surface area contributed by atoms with E-state index < -0.39 is 9.84 Å². The van der Waals surface area contributed by atoms with E-state index in [1.807, 2.05) is 26.0 Å². The van der Waals surface area contributed by atoms with Gasteiger partial charge in [-0.25, -0.2) is 13.2 Å². The molecule has 2 aromatic rings. The summed E-state index contributed by atoms with van der Waals surface area (Å²) in [7, 11) is -3.22. The van der Waals surface area contributed by atoms with Gasteiger partial charge in [0.25, 0.3) is 0 Å². The van der Waals surface area contributed by atoms with E-state index in [0.29, 0.717) is 0 Å². The maximum absolute atomic E-state index is 12.2. The van der Waals surface area contributed by atoms with Crippen LogP contribution in [0.3, 0.4) is 0 Å². The first kappa shape index (κ1) is 20.0. The molecular weight excluding hydrogens is 348 g/mol. The smallest absolute Gasteiger partial charge is 0.315 e. The second kappa shape index (κ2) is 8.36. The van der Waals surface area contributed by atoms with Gasteiger partial charge in [-0.05, 0) is 49.1 Å². The lowest BCUT2D eigenvalue weighted by atomic mass is 10.1. The molecule has 5 nitrogen and oxygen atoms in total. The van der Waals surface area contributed by atoms with Crippen LogP contribution in [0.1, 0.15) is 49.5 Å². The van der Waals surface area contributed by atoms with E-state index in [2.05, 4.69) is 29.7 Å². The summed E-state index contributed by atoms with van der Waals surface area (Å²) >= 11 is 0. The number of rotatable bonds is 6. The van der Waals surface area contributed by atoms with Crippen LogP contribution in [-0.4, -0.2) is 20.7 Å². The second-order valence-electron chi connectivity index (χ2n) is 6.50. The minimum absolute atomic E-state index is 0.110. The summed E-state index contributed by atoms with van der Waals surface area (Å²) < 4.78 is 23.0. The highest BCUT2D eigenvalue weighted by atomic mass is 32.2. The normalized spacial score (nSPS) is 13.7. The monoisotopic (exact) mass is 374 g/mol. The van der Waals surface area contributed by atoms with E-state index in [9.17, 15) is 13.2 Å². The van der Waals surface area contributed by atoms with Crippen LogP contribution in [0.4, 0.5) is 4.79 Å². The molecule has 0 heterocycles.